The molecule has 1 aliphatic carbocycles. The zero-order chi connectivity index (χ0) is 12.4. The standard InChI is InChI=1S/C13H23N3S/c1-9(14)12-10(2)15-13(17-12)16(3)11-7-5-4-6-8-11/h9,11H,4-8,14H2,1-3H3. The van der Waals surface area contributed by atoms with Crippen LogP contribution in [0.25, 0.3) is 0 Å². The molecule has 0 aliphatic heterocycles. The van der Waals surface area contributed by atoms with Crippen LogP contribution in [0.3, 0.4) is 0 Å². The van der Waals surface area contributed by atoms with E-state index in [1.54, 1.807) is 11.3 Å². The summed E-state index contributed by atoms with van der Waals surface area (Å²) in [4.78, 5) is 8.26. The molecular formula is C13H23N3S. The maximum Gasteiger partial charge on any atom is 0.185 e. The van der Waals surface area contributed by atoms with Gasteiger partial charge in [0.2, 0.25) is 0 Å². The number of rotatable bonds is 3. The number of aryl methyl sites for hydroxylation is 1. The minimum atomic E-state index is 0.0982. The number of hydrogen-bond donors (Lipinski definition) is 1. The average Bonchev–Trinajstić information content (AvgIpc) is 2.71. The van der Waals surface area contributed by atoms with Crippen LogP contribution >= 0.6 is 11.3 Å². The summed E-state index contributed by atoms with van der Waals surface area (Å²) in [6, 6.07) is 0.774. The van der Waals surface area contributed by atoms with Crippen molar-refractivity contribution in [2.45, 2.75) is 58.0 Å². The van der Waals surface area contributed by atoms with Crippen LogP contribution in [0.4, 0.5) is 5.13 Å². The maximum absolute atomic E-state index is 5.96. The van der Waals surface area contributed by atoms with Gasteiger partial charge >= 0.3 is 0 Å². The lowest BCUT2D eigenvalue weighted by atomic mass is 9.95. The molecule has 2 N–H and O–H groups in total. The van der Waals surface area contributed by atoms with Gasteiger partial charge in [0.1, 0.15) is 0 Å². The fourth-order valence-electron chi connectivity index (χ4n) is 2.59. The molecule has 1 fully saturated rings. The summed E-state index contributed by atoms with van der Waals surface area (Å²) in [5.74, 6) is 0. The van der Waals surface area contributed by atoms with E-state index in [-0.39, 0.29) is 6.04 Å². The van der Waals surface area contributed by atoms with Gasteiger partial charge in [0.25, 0.3) is 0 Å². The second-order valence-corrected chi connectivity index (χ2v) is 6.15. The minimum absolute atomic E-state index is 0.0982. The Bertz CT molecular complexity index is 367. The largest absolute Gasteiger partial charge is 0.348 e. The molecule has 0 aromatic carbocycles. The first-order valence-electron chi connectivity index (χ1n) is 6.55. The van der Waals surface area contributed by atoms with Crippen LogP contribution in [0, 0.1) is 6.92 Å². The van der Waals surface area contributed by atoms with Gasteiger partial charge in [-0.05, 0) is 26.7 Å². The van der Waals surface area contributed by atoms with Gasteiger partial charge in [-0.15, -0.1) is 11.3 Å². The van der Waals surface area contributed by atoms with Crippen LogP contribution in [-0.2, 0) is 0 Å². The van der Waals surface area contributed by atoms with Crippen LogP contribution < -0.4 is 10.6 Å². The third-order valence-electron chi connectivity index (χ3n) is 3.66. The molecule has 96 valence electrons. The smallest absolute Gasteiger partial charge is 0.185 e. The van der Waals surface area contributed by atoms with E-state index in [0.29, 0.717) is 6.04 Å². The van der Waals surface area contributed by atoms with Gasteiger partial charge < -0.3 is 10.6 Å². The van der Waals surface area contributed by atoms with Crippen molar-refractivity contribution in [3.05, 3.63) is 10.6 Å². The van der Waals surface area contributed by atoms with E-state index >= 15 is 0 Å². The van der Waals surface area contributed by atoms with Crippen molar-refractivity contribution in [2.75, 3.05) is 11.9 Å². The van der Waals surface area contributed by atoms with Crippen molar-refractivity contribution in [3.8, 4) is 0 Å². The molecule has 0 amide bonds. The van der Waals surface area contributed by atoms with Crippen molar-refractivity contribution in [2.24, 2.45) is 5.73 Å². The molecule has 1 aromatic heterocycles. The number of nitrogens with two attached hydrogens (primary N) is 1. The van der Waals surface area contributed by atoms with Crippen molar-refractivity contribution in [3.63, 3.8) is 0 Å². The van der Waals surface area contributed by atoms with Gasteiger partial charge in [-0.25, -0.2) is 4.98 Å². The normalized spacial score (nSPS) is 19.3. The minimum Gasteiger partial charge on any atom is -0.348 e. The molecule has 3 nitrogen and oxygen atoms in total. The van der Waals surface area contributed by atoms with E-state index in [9.17, 15) is 0 Å². The number of nitrogens with zero attached hydrogens (tertiary/aromatic N) is 2. The Labute approximate surface area is 108 Å². The summed E-state index contributed by atoms with van der Waals surface area (Å²) in [5.41, 5.74) is 7.06. The number of hydrogen-bond acceptors (Lipinski definition) is 4. The number of thiazole rings is 1. The Balaban J connectivity index is 2.13. The fraction of sp³-hybridized carbons (Fsp3) is 0.769. The first-order chi connectivity index (χ1) is 8.09. The molecule has 0 radical (unpaired) electrons. The highest BCUT2D eigenvalue weighted by molar-refractivity contribution is 7.15. The van der Waals surface area contributed by atoms with Crippen LogP contribution in [0.15, 0.2) is 0 Å². The van der Waals surface area contributed by atoms with Crippen LogP contribution in [0.2, 0.25) is 0 Å². The summed E-state index contributed by atoms with van der Waals surface area (Å²) in [5, 5.41) is 1.14. The first kappa shape index (κ1) is 12.8. The van der Waals surface area contributed by atoms with Crippen LogP contribution in [-0.4, -0.2) is 18.1 Å². The topological polar surface area (TPSA) is 42.2 Å². The summed E-state index contributed by atoms with van der Waals surface area (Å²) >= 11 is 1.76. The van der Waals surface area contributed by atoms with Gasteiger partial charge in [-0.2, -0.15) is 0 Å². The van der Waals surface area contributed by atoms with Crippen LogP contribution in [0.1, 0.15) is 55.6 Å². The second-order valence-electron chi connectivity index (χ2n) is 5.14. The SMILES string of the molecule is Cc1nc(N(C)C2CCCCC2)sc1C(C)N. The van der Waals surface area contributed by atoms with Gasteiger partial charge in [0.15, 0.2) is 5.13 Å². The fourth-order valence-corrected chi connectivity index (χ4v) is 3.64. The molecule has 4 heteroatoms. The molecule has 0 spiro atoms. The third kappa shape index (κ3) is 2.80. The molecular weight excluding hydrogens is 230 g/mol. The lowest BCUT2D eigenvalue weighted by molar-refractivity contribution is 0.427. The highest BCUT2D eigenvalue weighted by Gasteiger charge is 2.22. The third-order valence-corrected chi connectivity index (χ3v) is 5.11. The quantitative estimate of drug-likeness (QED) is 0.899. The highest BCUT2D eigenvalue weighted by Crippen LogP contribution is 2.32. The zero-order valence-corrected chi connectivity index (χ0v) is 11.9. The molecule has 1 aromatic rings. The Hall–Kier alpha value is -0.610. The molecule has 1 unspecified atom stereocenters. The Morgan fingerprint density at radius 2 is 2.00 bits per heavy atom. The van der Waals surface area contributed by atoms with E-state index < -0.39 is 0 Å². The van der Waals surface area contributed by atoms with Crippen LogP contribution in [0.5, 0.6) is 0 Å². The van der Waals surface area contributed by atoms with E-state index in [1.165, 1.54) is 37.0 Å². The number of aromatic nitrogens is 1. The molecule has 1 aliphatic rings. The molecule has 0 saturated heterocycles. The summed E-state index contributed by atoms with van der Waals surface area (Å²) < 4.78 is 0. The summed E-state index contributed by atoms with van der Waals surface area (Å²) in [7, 11) is 2.18. The highest BCUT2D eigenvalue weighted by atomic mass is 32.1. The molecule has 1 saturated carbocycles. The molecule has 2 rings (SSSR count). The maximum atomic E-state index is 5.96. The van der Waals surface area contributed by atoms with E-state index in [4.69, 9.17) is 5.73 Å². The lowest BCUT2D eigenvalue weighted by Crippen LogP contribution is -2.33. The summed E-state index contributed by atoms with van der Waals surface area (Å²) in [6.07, 6.45) is 6.73. The van der Waals surface area contributed by atoms with Gasteiger partial charge in [-0.3, -0.25) is 0 Å². The van der Waals surface area contributed by atoms with E-state index in [1.807, 2.05) is 6.92 Å². The van der Waals surface area contributed by atoms with Crippen molar-refractivity contribution in [1.82, 2.24) is 4.98 Å². The van der Waals surface area contributed by atoms with Crippen molar-refractivity contribution < 1.29 is 0 Å². The Morgan fingerprint density at radius 3 is 2.53 bits per heavy atom. The van der Waals surface area contributed by atoms with Crippen molar-refractivity contribution in [1.29, 1.82) is 0 Å². The average molecular weight is 253 g/mol. The Kier molecular flexibility index (Phi) is 4.05. The van der Waals surface area contributed by atoms with Crippen molar-refractivity contribution >= 4 is 16.5 Å². The van der Waals surface area contributed by atoms with Gasteiger partial charge in [0, 0.05) is 24.0 Å². The molecule has 0 bridgehead atoms. The number of anilines is 1. The zero-order valence-electron chi connectivity index (χ0n) is 11.1. The first-order valence-corrected chi connectivity index (χ1v) is 7.37. The predicted molar refractivity (Wildman–Crippen MR) is 74.7 cm³/mol. The monoisotopic (exact) mass is 253 g/mol. The second kappa shape index (κ2) is 5.36. The molecule has 17 heavy (non-hydrogen) atoms. The molecule has 1 atom stereocenters. The lowest BCUT2D eigenvalue weighted by Gasteiger charge is -2.30. The predicted octanol–water partition coefficient (Wildman–Crippen LogP) is 3.24. The van der Waals surface area contributed by atoms with Gasteiger partial charge in [0.05, 0.1) is 5.69 Å². The van der Waals surface area contributed by atoms with E-state index in [2.05, 4.69) is 23.9 Å². The van der Waals surface area contributed by atoms with E-state index in [0.717, 1.165) is 10.8 Å². The van der Waals surface area contributed by atoms with Gasteiger partial charge in [-0.1, -0.05) is 19.3 Å². The molecule has 1 heterocycles. The Morgan fingerprint density at radius 1 is 1.35 bits per heavy atom. The summed E-state index contributed by atoms with van der Waals surface area (Å²) in [6.45, 7) is 4.10.